The molecule has 0 unspecified atom stereocenters. The molecule has 0 aliphatic carbocycles. The van der Waals surface area contributed by atoms with Crippen LogP contribution in [0.4, 0.5) is 4.79 Å². The van der Waals surface area contributed by atoms with E-state index in [4.69, 9.17) is 5.11 Å². The van der Waals surface area contributed by atoms with Gasteiger partial charge in [-0.1, -0.05) is 0 Å². The summed E-state index contributed by atoms with van der Waals surface area (Å²) in [6.45, 7) is 0.996. The molecule has 2 heterocycles. The summed E-state index contributed by atoms with van der Waals surface area (Å²) in [5.41, 5.74) is 0.550. The minimum atomic E-state index is -0.880. The third-order valence-electron chi connectivity index (χ3n) is 2.90. The third kappa shape index (κ3) is 1.91. The van der Waals surface area contributed by atoms with Crippen LogP contribution in [0.5, 0.6) is 0 Å². The Morgan fingerprint density at radius 1 is 1.50 bits per heavy atom. The normalized spacial score (nSPS) is 17.4. The van der Waals surface area contributed by atoms with Gasteiger partial charge in [-0.05, 0) is 18.9 Å². The monoisotopic (exact) mass is 223 g/mol. The fourth-order valence-corrected chi connectivity index (χ4v) is 2.02. The quantitative estimate of drug-likeness (QED) is 0.759. The maximum Gasteiger partial charge on any atom is 0.407 e. The molecule has 0 spiro atoms. The largest absolute Gasteiger partial charge is 0.465 e. The number of aldehydes is 1. The lowest BCUT2D eigenvalue weighted by Crippen LogP contribution is -2.38. The molecule has 1 fully saturated rings. The van der Waals surface area contributed by atoms with E-state index in [2.05, 4.69) is 5.10 Å². The van der Waals surface area contributed by atoms with Gasteiger partial charge in [-0.15, -0.1) is 0 Å². The topological polar surface area (TPSA) is 75.4 Å². The number of carbonyl (C=O) groups is 2. The highest BCUT2D eigenvalue weighted by molar-refractivity contribution is 5.71. The Labute approximate surface area is 92.5 Å². The van der Waals surface area contributed by atoms with E-state index >= 15 is 0 Å². The highest BCUT2D eigenvalue weighted by atomic mass is 16.4. The van der Waals surface area contributed by atoms with Crippen LogP contribution in [-0.4, -0.2) is 45.3 Å². The molecule has 1 aromatic heterocycles. The first-order valence-corrected chi connectivity index (χ1v) is 5.19. The van der Waals surface area contributed by atoms with Crippen molar-refractivity contribution in [2.45, 2.75) is 18.9 Å². The minimum absolute atomic E-state index is 0.130. The number of hydrogen-bond donors (Lipinski definition) is 1. The predicted molar refractivity (Wildman–Crippen MR) is 55.5 cm³/mol. The second-order valence-electron chi connectivity index (χ2n) is 3.82. The standard InChI is InChI=1S/C10H13N3O3/c14-7-9-1-4-11-13(9)8-2-5-12(6-3-8)10(15)16/h1,4,7-8H,2-3,5-6H2,(H,15,16). The van der Waals surface area contributed by atoms with Crippen LogP contribution in [0.15, 0.2) is 12.3 Å². The molecule has 0 radical (unpaired) electrons. The minimum Gasteiger partial charge on any atom is -0.465 e. The molecular formula is C10H13N3O3. The lowest BCUT2D eigenvalue weighted by molar-refractivity contribution is 0.109. The van der Waals surface area contributed by atoms with E-state index in [-0.39, 0.29) is 6.04 Å². The van der Waals surface area contributed by atoms with Gasteiger partial charge >= 0.3 is 6.09 Å². The number of aromatic nitrogens is 2. The smallest absolute Gasteiger partial charge is 0.407 e. The first-order valence-electron chi connectivity index (χ1n) is 5.19. The Bertz CT molecular complexity index is 394. The Balaban J connectivity index is 2.04. The number of likely N-dealkylation sites (tertiary alicyclic amines) is 1. The summed E-state index contributed by atoms with van der Waals surface area (Å²) in [7, 11) is 0. The molecule has 1 aliphatic rings. The molecule has 16 heavy (non-hydrogen) atoms. The molecule has 0 saturated carbocycles. The molecule has 1 aliphatic heterocycles. The van der Waals surface area contributed by atoms with E-state index in [1.54, 1.807) is 16.9 Å². The highest BCUT2D eigenvalue weighted by Gasteiger charge is 2.24. The van der Waals surface area contributed by atoms with Crippen LogP contribution in [-0.2, 0) is 0 Å². The molecule has 0 atom stereocenters. The summed E-state index contributed by atoms with van der Waals surface area (Å²) in [5.74, 6) is 0. The number of carboxylic acid groups (broad SMARTS) is 1. The van der Waals surface area contributed by atoms with Crippen molar-refractivity contribution in [2.24, 2.45) is 0 Å². The van der Waals surface area contributed by atoms with Crippen LogP contribution in [0.2, 0.25) is 0 Å². The number of piperidine rings is 1. The fraction of sp³-hybridized carbons (Fsp3) is 0.500. The summed E-state index contributed by atoms with van der Waals surface area (Å²) in [6.07, 6.45) is 2.89. The van der Waals surface area contributed by atoms with Crippen LogP contribution < -0.4 is 0 Å². The summed E-state index contributed by atoms with van der Waals surface area (Å²) in [6, 6.07) is 1.79. The van der Waals surface area contributed by atoms with E-state index in [1.165, 1.54) is 4.90 Å². The zero-order chi connectivity index (χ0) is 11.5. The van der Waals surface area contributed by atoms with Crippen LogP contribution in [0.3, 0.4) is 0 Å². The van der Waals surface area contributed by atoms with Gasteiger partial charge in [-0.3, -0.25) is 9.48 Å². The number of amides is 1. The maximum atomic E-state index is 10.7. The first kappa shape index (κ1) is 10.7. The fourth-order valence-electron chi connectivity index (χ4n) is 2.02. The average Bonchev–Trinajstić information content (AvgIpc) is 2.77. The van der Waals surface area contributed by atoms with Gasteiger partial charge in [0, 0.05) is 19.3 Å². The van der Waals surface area contributed by atoms with Crippen molar-refractivity contribution < 1.29 is 14.7 Å². The van der Waals surface area contributed by atoms with E-state index in [9.17, 15) is 9.59 Å². The van der Waals surface area contributed by atoms with Gasteiger partial charge < -0.3 is 10.0 Å². The molecule has 2 rings (SSSR count). The molecule has 6 nitrogen and oxygen atoms in total. The van der Waals surface area contributed by atoms with Crippen molar-refractivity contribution in [3.63, 3.8) is 0 Å². The summed E-state index contributed by atoms with van der Waals surface area (Å²) >= 11 is 0. The molecule has 6 heteroatoms. The molecule has 86 valence electrons. The second-order valence-corrected chi connectivity index (χ2v) is 3.82. The number of rotatable bonds is 2. The molecule has 0 aromatic carbocycles. The van der Waals surface area contributed by atoms with Crippen molar-refractivity contribution >= 4 is 12.4 Å². The van der Waals surface area contributed by atoms with Crippen LogP contribution in [0, 0.1) is 0 Å². The number of hydrogen-bond acceptors (Lipinski definition) is 3. The zero-order valence-electron chi connectivity index (χ0n) is 8.74. The van der Waals surface area contributed by atoms with Crippen molar-refractivity contribution in [3.05, 3.63) is 18.0 Å². The lowest BCUT2D eigenvalue weighted by Gasteiger charge is -2.30. The highest BCUT2D eigenvalue weighted by Crippen LogP contribution is 2.22. The van der Waals surface area contributed by atoms with Crippen LogP contribution in [0.1, 0.15) is 29.4 Å². The summed E-state index contributed by atoms with van der Waals surface area (Å²) < 4.78 is 1.69. The molecular weight excluding hydrogens is 210 g/mol. The van der Waals surface area contributed by atoms with Crippen molar-refractivity contribution in [2.75, 3.05) is 13.1 Å². The van der Waals surface area contributed by atoms with Gasteiger partial charge in [0.2, 0.25) is 0 Å². The summed E-state index contributed by atoms with van der Waals surface area (Å²) in [5, 5.41) is 12.9. The third-order valence-corrected chi connectivity index (χ3v) is 2.90. The zero-order valence-corrected chi connectivity index (χ0v) is 8.74. The molecule has 1 amide bonds. The van der Waals surface area contributed by atoms with E-state index in [0.29, 0.717) is 31.6 Å². The first-order chi connectivity index (χ1) is 7.72. The predicted octanol–water partition coefficient (Wildman–Crippen LogP) is 1.01. The molecule has 1 N–H and O–H groups in total. The molecule has 0 bridgehead atoms. The number of nitrogens with zero attached hydrogens (tertiary/aromatic N) is 3. The van der Waals surface area contributed by atoms with Gasteiger partial charge in [-0.2, -0.15) is 5.10 Å². The maximum absolute atomic E-state index is 10.7. The van der Waals surface area contributed by atoms with E-state index < -0.39 is 6.09 Å². The Morgan fingerprint density at radius 2 is 2.19 bits per heavy atom. The molecule has 1 aromatic rings. The Hall–Kier alpha value is -1.85. The van der Waals surface area contributed by atoms with Gasteiger partial charge in [0.1, 0.15) is 5.69 Å². The van der Waals surface area contributed by atoms with Crippen molar-refractivity contribution in [1.82, 2.24) is 14.7 Å². The van der Waals surface area contributed by atoms with Gasteiger partial charge in [-0.25, -0.2) is 4.79 Å². The number of carbonyl (C=O) groups excluding carboxylic acids is 1. The van der Waals surface area contributed by atoms with Gasteiger partial charge in [0.15, 0.2) is 6.29 Å². The lowest BCUT2D eigenvalue weighted by atomic mass is 10.1. The molecule has 1 saturated heterocycles. The Kier molecular flexibility index (Phi) is 2.89. The van der Waals surface area contributed by atoms with Crippen molar-refractivity contribution in [3.8, 4) is 0 Å². The average molecular weight is 223 g/mol. The van der Waals surface area contributed by atoms with E-state index in [1.807, 2.05) is 0 Å². The van der Waals surface area contributed by atoms with Crippen LogP contribution >= 0.6 is 0 Å². The Morgan fingerprint density at radius 3 is 2.75 bits per heavy atom. The summed E-state index contributed by atoms with van der Waals surface area (Å²) in [4.78, 5) is 22.8. The van der Waals surface area contributed by atoms with Crippen molar-refractivity contribution in [1.29, 1.82) is 0 Å². The SMILES string of the molecule is O=Cc1ccnn1C1CCN(C(=O)O)CC1. The van der Waals surface area contributed by atoms with E-state index in [0.717, 1.165) is 6.29 Å². The van der Waals surface area contributed by atoms with Gasteiger partial charge in [0.25, 0.3) is 0 Å². The van der Waals surface area contributed by atoms with Gasteiger partial charge in [0.05, 0.1) is 6.04 Å². The second kappa shape index (κ2) is 4.34. The van der Waals surface area contributed by atoms with Crippen LogP contribution in [0.25, 0.3) is 0 Å².